The second-order valence-corrected chi connectivity index (χ2v) is 8.57. The van der Waals surface area contributed by atoms with Gasteiger partial charge < -0.3 is 9.64 Å². The van der Waals surface area contributed by atoms with Crippen molar-refractivity contribution in [1.29, 1.82) is 0 Å². The van der Waals surface area contributed by atoms with Crippen molar-refractivity contribution >= 4 is 50.2 Å². The summed E-state index contributed by atoms with van der Waals surface area (Å²) in [4.78, 5) is 34.2. The minimum absolute atomic E-state index is 0.234. The van der Waals surface area contributed by atoms with Gasteiger partial charge >= 0.3 is 5.97 Å². The van der Waals surface area contributed by atoms with Gasteiger partial charge in [0, 0.05) is 6.54 Å². The summed E-state index contributed by atoms with van der Waals surface area (Å²) in [5, 5.41) is 1.17. The van der Waals surface area contributed by atoms with Gasteiger partial charge in [0.05, 0.1) is 33.5 Å². The molecule has 0 aliphatic rings. The van der Waals surface area contributed by atoms with Crippen LogP contribution in [0.4, 0.5) is 5.13 Å². The maximum Gasteiger partial charge on any atom is 0.338 e. The second kappa shape index (κ2) is 9.55. The van der Waals surface area contributed by atoms with Gasteiger partial charge in [0.1, 0.15) is 0 Å². The highest BCUT2D eigenvalue weighted by atomic mass is 35.5. The van der Waals surface area contributed by atoms with Crippen molar-refractivity contribution in [3.05, 3.63) is 58.1 Å². The van der Waals surface area contributed by atoms with Crippen LogP contribution in [-0.2, 0) is 4.74 Å². The SMILES string of the molecule is COC(=O)c1ccccc1C(=O)N(CCCN(C)C)c1nc2c(C)ccc(Cl)c2s1. The first-order chi connectivity index (χ1) is 14.3. The van der Waals surface area contributed by atoms with Crippen molar-refractivity contribution in [2.45, 2.75) is 13.3 Å². The molecule has 3 aromatic rings. The van der Waals surface area contributed by atoms with Crippen molar-refractivity contribution in [1.82, 2.24) is 9.88 Å². The molecular formula is C22H24ClN3O3S. The molecule has 6 nitrogen and oxygen atoms in total. The van der Waals surface area contributed by atoms with Gasteiger partial charge in [-0.25, -0.2) is 9.78 Å². The van der Waals surface area contributed by atoms with Crippen molar-refractivity contribution in [2.75, 3.05) is 39.2 Å². The molecule has 1 amide bonds. The molecule has 0 saturated carbocycles. The van der Waals surface area contributed by atoms with Gasteiger partial charge in [-0.3, -0.25) is 9.69 Å². The van der Waals surface area contributed by atoms with E-state index >= 15 is 0 Å². The number of amides is 1. The number of carbonyl (C=O) groups excluding carboxylic acids is 2. The lowest BCUT2D eigenvalue weighted by molar-refractivity contribution is 0.0597. The predicted octanol–water partition coefficient (Wildman–Crippen LogP) is 4.64. The monoisotopic (exact) mass is 445 g/mol. The molecule has 30 heavy (non-hydrogen) atoms. The fourth-order valence-electron chi connectivity index (χ4n) is 3.14. The summed E-state index contributed by atoms with van der Waals surface area (Å²) in [6.45, 7) is 3.24. The number of nitrogens with zero attached hydrogens (tertiary/aromatic N) is 3. The number of thiazole rings is 1. The van der Waals surface area contributed by atoms with Gasteiger partial charge in [-0.1, -0.05) is 41.1 Å². The van der Waals surface area contributed by atoms with Gasteiger partial charge in [0.25, 0.3) is 5.91 Å². The van der Waals surface area contributed by atoms with Crippen molar-refractivity contribution in [3.63, 3.8) is 0 Å². The Morgan fingerprint density at radius 2 is 1.80 bits per heavy atom. The number of hydrogen-bond acceptors (Lipinski definition) is 6. The lowest BCUT2D eigenvalue weighted by atomic mass is 10.1. The molecule has 3 rings (SSSR count). The van der Waals surface area contributed by atoms with Crippen molar-refractivity contribution < 1.29 is 14.3 Å². The number of aryl methyl sites for hydroxylation is 1. The number of hydrogen-bond donors (Lipinski definition) is 0. The van der Waals surface area contributed by atoms with E-state index in [0.29, 0.717) is 16.7 Å². The molecule has 0 atom stereocenters. The first-order valence-corrected chi connectivity index (χ1v) is 10.7. The van der Waals surface area contributed by atoms with E-state index in [1.165, 1.54) is 18.4 Å². The second-order valence-electron chi connectivity index (χ2n) is 7.19. The molecule has 0 radical (unpaired) electrons. The smallest absolute Gasteiger partial charge is 0.338 e. The summed E-state index contributed by atoms with van der Waals surface area (Å²) < 4.78 is 5.70. The van der Waals surface area contributed by atoms with Crippen LogP contribution in [0.15, 0.2) is 36.4 Å². The van der Waals surface area contributed by atoms with Gasteiger partial charge in [-0.15, -0.1) is 0 Å². The lowest BCUT2D eigenvalue weighted by Crippen LogP contribution is -2.34. The summed E-state index contributed by atoms with van der Waals surface area (Å²) in [6, 6.07) is 10.4. The van der Waals surface area contributed by atoms with E-state index in [-0.39, 0.29) is 17.0 Å². The molecule has 2 aromatic carbocycles. The summed E-state index contributed by atoms with van der Waals surface area (Å²) in [6.07, 6.45) is 0.752. The highest BCUT2D eigenvalue weighted by Gasteiger charge is 2.26. The van der Waals surface area contributed by atoms with Gasteiger partial charge in [0.2, 0.25) is 0 Å². The Balaban J connectivity index is 2.06. The zero-order valence-corrected chi connectivity index (χ0v) is 19.0. The third kappa shape index (κ3) is 4.64. The number of halogens is 1. The Morgan fingerprint density at radius 1 is 1.10 bits per heavy atom. The Bertz CT molecular complexity index is 1040. The molecule has 0 N–H and O–H groups in total. The Labute approximate surface area is 185 Å². The molecule has 0 saturated heterocycles. The van der Waals surface area contributed by atoms with Crippen molar-refractivity contribution in [2.24, 2.45) is 0 Å². The van der Waals surface area contributed by atoms with Gasteiger partial charge in [-0.2, -0.15) is 0 Å². The summed E-state index contributed by atoms with van der Waals surface area (Å²) >= 11 is 7.75. The zero-order valence-electron chi connectivity index (χ0n) is 17.4. The number of ether oxygens (including phenoxy) is 1. The van der Waals surface area contributed by atoms with Gasteiger partial charge in [0.15, 0.2) is 5.13 Å². The van der Waals surface area contributed by atoms with Crippen LogP contribution in [-0.4, -0.2) is 56.1 Å². The Kier molecular flexibility index (Phi) is 7.07. The number of methoxy groups -OCH3 is 1. The van der Waals surface area contributed by atoms with E-state index in [4.69, 9.17) is 21.3 Å². The molecule has 0 aliphatic heterocycles. The van der Waals surface area contributed by atoms with Crippen LogP contribution >= 0.6 is 22.9 Å². The Morgan fingerprint density at radius 3 is 2.43 bits per heavy atom. The maximum atomic E-state index is 13.5. The van der Waals surface area contributed by atoms with E-state index in [1.54, 1.807) is 29.2 Å². The first-order valence-electron chi connectivity index (χ1n) is 9.53. The van der Waals surface area contributed by atoms with Gasteiger partial charge in [-0.05, 0) is 57.7 Å². The topological polar surface area (TPSA) is 62.7 Å². The van der Waals surface area contributed by atoms with E-state index < -0.39 is 5.97 Å². The van der Waals surface area contributed by atoms with Crippen LogP contribution in [0.2, 0.25) is 5.02 Å². The van der Waals surface area contributed by atoms with Crippen LogP contribution in [0.25, 0.3) is 10.2 Å². The maximum absolute atomic E-state index is 13.5. The molecule has 0 bridgehead atoms. The third-order valence-corrected chi connectivity index (χ3v) is 6.25. The van der Waals surface area contributed by atoms with E-state index in [1.807, 2.05) is 33.2 Å². The predicted molar refractivity (Wildman–Crippen MR) is 122 cm³/mol. The molecule has 158 valence electrons. The highest BCUT2D eigenvalue weighted by Crippen LogP contribution is 2.36. The third-order valence-electron chi connectivity index (χ3n) is 4.71. The minimum atomic E-state index is -0.546. The zero-order chi connectivity index (χ0) is 21.8. The normalized spacial score (nSPS) is 11.1. The highest BCUT2D eigenvalue weighted by molar-refractivity contribution is 7.23. The number of anilines is 1. The summed E-state index contributed by atoms with van der Waals surface area (Å²) in [7, 11) is 5.27. The van der Waals surface area contributed by atoms with Crippen LogP contribution in [0, 0.1) is 6.92 Å². The van der Waals surface area contributed by atoms with Crippen LogP contribution in [0.1, 0.15) is 32.7 Å². The molecule has 0 spiro atoms. The average molecular weight is 446 g/mol. The molecule has 0 aliphatic carbocycles. The first kappa shape index (κ1) is 22.2. The molecule has 1 heterocycles. The van der Waals surface area contributed by atoms with E-state index in [9.17, 15) is 9.59 Å². The number of benzene rings is 2. The van der Waals surface area contributed by atoms with E-state index in [2.05, 4.69) is 4.90 Å². The number of aromatic nitrogens is 1. The fourth-order valence-corrected chi connectivity index (χ4v) is 4.48. The Hall–Kier alpha value is -2.48. The van der Waals surface area contributed by atoms with E-state index in [0.717, 1.165) is 28.7 Å². The summed E-state index contributed by atoms with van der Waals surface area (Å²) in [5.74, 6) is -0.835. The molecule has 1 aromatic heterocycles. The number of carbonyl (C=O) groups is 2. The number of fused-ring (bicyclic) bond motifs is 1. The summed E-state index contributed by atoms with van der Waals surface area (Å²) in [5.41, 5.74) is 2.30. The number of esters is 1. The molecule has 0 unspecified atom stereocenters. The molecule has 0 fully saturated rings. The van der Waals surface area contributed by atoms with Crippen LogP contribution in [0.5, 0.6) is 0 Å². The average Bonchev–Trinajstić information content (AvgIpc) is 3.19. The fraction of sp³-hybridized carbons (Fsp3) is 0.318. The largest absolute Gasteiger partial charge is 0.465 e. The van der Waals surface area contributed by atoms with Crippen LogP contribution in [0.3, 0.4) is 0 Å². The standard InChI is InChI=1S/C22H24ClN3O3S/c1-14-10-11-17(23)19-18(14)24-22(30-19)26(13-7-12-25(2)3)20(27)15-8-5-6-9-16(15)21(28)29-4/h5-6,8-11H,7,12-13H2,1-4H3. The quantitative estimate of drug-likeness (QED) is 0.495. The lowest BCUT2D eigenvalue weighted by Gasteiger charge is -2.22. The van der Waals surface area contributed by atoms with Crippen LogP contribution < -0.4 is 4.90 Å². The minimum Gasteiger partial charge on any atom is -0.465 e. The molecule has 8 heteroatoms. The van der Waals surface area contributed by atoms with Crippen molar-refractivity contribution in [3.8, 4) is 0 Å². The molecular weight excluding hydrogens is 422 g/mol. The number of rotatable bonds is 7.